The normalized spacial score (nSPS) is 60.8. The molecule has 0 aromatic carbocycles. The summed E-state index contributed by atoms with van der Waals surface area (Å²) in [7, 11) is 0. The molecule has 0 aromatic rings. The van der Waals surface area contributed by atoms with Crippen LogP contribution in [-0.2, 0) is 0 Å². The van der Waals surface area contributed by atoms with Crippen LogP contribution in [0.2, 0.25) is 0 Å². The van der Waals surface area contributed by atoms with Crippen molar-refractivity contribution in [2.24, 2.45) is 58.5 Å². The molecule has 3 N–H and O–H groups in total. The summed E-state index contributed by atoms with van der Waals surface area (Å²) < 4.78 is 0. The molecule has 142 valence electrons. The smallest absolute Gasteiger partial charge is 0.0714 e. The van der Waals surface area contributed by atoms with Crippen molar-refractivity contribution in [3.05, 3.63) is 0 Å². The largest absolute Gasteiger partial charge is 0.389 e. The minimum Gasteiger partial charge on any atom is -0.389 e. The number of rotatable bonds is 2. The molecule has 2 nitrogen and oxygen atoms in total. The first-order valence-electron chi connectivity index (χ1n) is 11.4. The lowest BCUT2D eigenvalue weighted by atomic mass is 9.49. The van der Waals surface area contributed by atoms with Crippen molar-refractivity contribution in [2.45, 2.75) is 90.2 Å². The quantitative estimate of drug-likeness (QED) is 0.768. The Balaban J connectivity index is 1.38. The highest BCUT2D eigenvalue weighted by molar-refractivity contribution is 5.19. The maximum Gasteiger partial charge on any atom is 0.0714 e. The van der Waals surface area contributed by atoms with Crippen LogP contribution in [0.4, 0.5) is 0 Å². The fourth-order valence-corrected chi connectivity index (χ4v) is 9.52. The highest BCUT2D eigenvalue weighted by atomic mass is 16.3. The molecule has 5 aliphatic carbocycles. The van der Waals surface area contributed by atoms with E-state index in [0.29, 0.717) is 23.3 Å². The van der Waals surface area contributed by atoms with Gasteiger partial charge in [-0.25, -0.2) is 0 Å². The Morgan fingerprint density at radius 3 is 2.36 bits per heavy atom. The minimum absolute atomic E-state index is 0.251. The van der Waals surface area contributed by atoms with E-state index in [1.165, 1.54) is 51.4 Å². The highest BCUT2D eigenvalue weighted by Gasteiger charge is 2.70. The van der Waals surface area contributed by atoms with Gasteiger partial charge in [0.25, 0.3) is 0 Å². The molecule has 2 unspecified atom stereocenters. The van der Waals surface area contributed by atoms with Crippen molar-refractivity contribution < 1.29 is 5.11 Å². The molecule has 2 heteroatoms. The van der Waals surface area contributed by atoms with Crippen molar-refractivity contribution in [1.29, 1.82) is 0 Å². The van der Waals surface area contributed by atoms with Gasteiger partial charge in [-0.05, 0) is 111 Å². The molecule has 0 radical (unpaired) electrons. The lowest BCUT2D eigenvalue weighted by Crippen LogP contribution is -2.51. The molecule has 0 saturated heterocycles. The van der Waals surface area contributed by atoms with Crippen molar-refractivity contribution in [3.8, 4) is 0 Å². The number of nitrogens with two attached hydrogens (primary N) is 1. The summed E-state index contributed by atoms with van der Waals surface area (Å²) >= 11 is 0. The third kappa shape index (κ3) is 2.10. The van der Waals surface area contributed by atoms with E-state index >= 15 is 0 Å². The van der Waals surface area contributed by atoms with Gasteiger partial charge in [0.1, 0.15) is 0 Å². The summed E-state index contributed by atoms with van der Waals surface area (Å²) in [6.07, 6.45) is 12.1. The van der Waals surface area contributed by atoms with Gasteiger partial charge in [0.2, 0.25) is 0 Å². The summed E-state index contributed by atoms with van der Waals surface area (Å²) in [6.45, 7) is 7.14. The third-order valence-electron chi connectivity index (χ3n) is 10.5. The summed E-state index contributed by atoms with van der Waals surface area (Å²) in [5, 5.41) is 11.0. The van der Waals surface area contributed by atoms with Gasteiger partial charge < -0.3 is 10.8 Å². The Bertz CT molecular complexity index is 546. The highest BCUT2D eigenvalue weighted by Crippen LogP contribution is 2.71. The van der Waals surface area contributed by atoms with Crippen LogP contribution in [0.15, 0.2) is 0 Å². The lowest BCUT2D eigenvalue weighted by Gasteiger charge is -2.56. The molecule has 5 rings (SSSR count). The zero-order chi connectivity index (χ0) is 17.6. The molecule has 5 aliphatic rings. The van der Waals surface area contributed by atoms with Crippen molar-refractivity contribution in [3.63, 3.8) is 0 Å². The van der Waals surface area contributed by atoms with Crippen LogP contribution >= 0.6 is 0 Å². The van der Waals surface area contributed by atoms with E-state index in [-0.39, 0.29) is 5.60 Å². The molecule has 25 heavy (non-hydrogen) atoms. The van der Waals surface area contributed by atoms with Crippen LogP contribution in [0.25, 0.3) is 0 Å². The van der Waals surface area contributed by atoms with E-state index in [0.717, 1.165) is 41.9 Å². The molecular formula is C23H39NO. The molecule has 0 amide bonds. The number of hydrogen-bond acceptors (Lipinski definition) is 2. The van der Waals surface area contributed by atoms with Gasteiger partial charge in [-0.15, -0.1) is 0 Å². The SMILES string of the molecule is CCC1C2[C@H]3CC[C@@H]4[C@H](CC[C@]5(C)[C@@H]([C@@H](C)N)CC[C@@H]45)[C@H]3CC[C@]12O. The van der Waals surface area contributed by atoms with E-state index in [4.69, 9.17) is 5.73 Å². The van der Waals surface area contributed by atoms with Crippen LogP contribution in [0.5, 0.6) is 0 Å². The van der Waals surface area contributed by atoms with E-state index in [1.54, 1.807) is 0 Å². The zero-order valence-corrected chi connectivity index (χ0v) is 16.6. The van der Waals surface area contributed by atoms with Gasteiger partial charge in [0.15, 0.2) is 0 Å². The second-order valence-corrected chi connectivity index (χ2v) is 11.0. The van der Waals surface area contributed by atoms with Crippen LogP contribution in [0.1, 0.15) is 78.6 Å². The Hall–Kier alpha value is -0.0800. The summed E-state index contributed by atoms with van der Waals surface area (Å²) in [4.78, 5) is 0. The van der Waals surface area contributed by atoms with Crippen LogP contribution in [0, 0.1) is 52.8 Å². The van der Waals surface area contributed by atoms with Gasteiger partial charge in [0, 0.05) is 6.04 Å². The van der Waals surface area contributed by atoms with Gasteiger partial charge >= 0.3 is 0 Å². The Labute approximate surface area is 154 Å². The molecule has 0 bridgehead atoms. The Morgan fingerprint density at radius 1 is 0.960 bits per heavy atom. The second-order valence-electron chi connectivity index (χ2n) is 11.0. The standard InChI is InChI=1S/C23H39NO/c1-4-18-21-17-6-5-16-14(15(17)10-12-23(18,21)25)9-11-22(3)19(13(2)24)7-8-20(16)22/h13-21,25H,4-12,24H2,1-3H3/t13-,14-,15-,16-,17+,18?,19-,20+,21?,22-,23+/m1/s1. The zero-order valence-electron chi connectivity index (χ0n) is 16.6. The maximum absolute atomic E-state index is 11.0. The topological polar surface area (TPSA) is 46.2 Å². The monoisotopic (exact) mass is 345 g/mol. The number of fused-ring (bicyclic) bond motifs is 7. The fourth-order valence-electron chi connectivity index (χ4n) is 9.52. The van der Waals surface area contributed by atoms with Crippen LogP contribution in [0.3, 0.4) is 0 Å². The summed E-state index contributed by atoms with van der Waals surface area (Å²) in [6, 6.07) is 0.365. The molecule has 0 heterocycles. The average Bonchev–Trinajstić information content (AvgIpc) is 3.04. The van der Waals surface area contributed by atoms with Crippen molar-refractivity contribution >= 4 is 0 Å². The molecule has 5 saturated carbocycles. The van der Waals surface area contributed by atoms with E-state index in [9.17, 15) is 5.11 Å². The molecular weight excluding hydrogens is 306 g/mol. The molecule has 11 atom stereocenters. The summed E-state index contributed by atoms with van der Waals surface area (Å²) in [5.41, 5.74) is 6.67. The second kappa shape index (κ2) is 5.47. The van der Waals surface area contributed by atoms with Crippen LogP contribution < -0.4 is 5.73 Å². The van der Waals surface area contributed by atoms with Crippen molar-refractivity contribution in [2.75, 3.05) is 0 Å². The number of aliphatic hydroxyl groups is 1. The molecule has 0 aromatic heterocycles. The minimum atomic E-state index is -0.251. The van der Waals surface area contributed by atoms with Gasteiger partial charge in [-0.2, -0.15) is 0 Å². The van der Waals surface area contributed by atoms with Gasteiger partial charge in [0.05, 0.1) is 5.60 Å². The van der Waals surface area contributed by atoms with E-state index in [1.807, 2.05) is 0 Å². The third-order valence-corrected chi connectivity index (χ3v) is 10.5. The lowest BCUT2D eigenvalue weighted by molar-refractivity contribution is -0.0809. The Morgan fingerprint density at radius 2 is 1.64 bits per heavy atom. The predicted molar refractivity (Wildman–Crippen MR) is 102 cm³/mol. The van der Waals surface area contributed by atoms with Crippen LogP contribution in [-0.4, -0.2) is 16.7 Å². The average molecular weight is 346 g/mol. The van der Waals surface area contributed by atoms with Crippen molar-refractivity contribution in [1.82, 2.24) is 0 Å². The van der Waals surface area contributed by atoms with Gasteiger partial charge in [-0.1, -0.05) is 20.3 Å². The van der Waals surface area contributed by atoms with Gasteiger partial charge in [-0.3, -0.25) is 0 Å². The molecule has 0 spiro atoms. The first-order chi connectivity index (χ1) is 11.9. The molecule has 5 fully saturated rings. The first kappa shape index (κ1) is 17.0. The molecule has 0 aliphatic heterocycles. The predicted octanol–water partition coefficient (Wildman–Crippen LogP) is 4.60. The first-order valence-corrected chi connectivity index (χ1v) is 11.4. The van der Waals surface area contributed by atoms with E-state index < -0.39 is 0 Å². The fraction of sp³-hybridized carbons (Fsp3) is 1.00. The summed E-state index contributed by atoms with van der Waals surface area (Å²) in [5.74, 6) is 6.68. The number of hydrogen-bond donors (Lipinski definition) is 2. The van der Waals surface area contributed by atoms with E-state index in [2.05, 4.69) is 20.8 Å². The maximum atomic E-state index is 11.0. The Kier molecular flexibility index (Phi) is 3.73.